The molecular weight excluding hydrogens is 386 g/mol. The quantitative estimate of drug-likeness (QED) is 0.774. The molecule has 4 heterocycles. The first-order valence-corrected chi connectivity index (χ1v) is 10.7. The summed E-state index contributed by atoms with van der Waals surface area (Å²) in [6.07, 6.45) is 7.13. The number of likely N-dealkylation sites (tertiary alicyclic amines) is 1. The number of carbonyl (C=O) groups is 2. The van der Waals surface area contributed by atoms with Crippen molar-refractivity contribution in [1.82, 2.24) is 35.0 Å². The number of fused-ring (bicyclic) bond motifs is 1. The number of nitrogens with one attached hydrogen (secondary N) is 1. The van der Waals surface area contributed by atoms with Crippen molar-refractivity contribution in [2.24, 2.45) is 5.92 Å². The van der Waals surface area contributed by atoms with E-state index >= 15 is 0 Å². The van der Waals surface area contributed by atoms with E-state index in [1.165, 1.54) is 0 Å². The lowest BCUT2D eigenvalue weighted by Crippen LogP contribution is -2.55. The van der Waals surface area contributed by atoms with E-state index in [1.807, 2.05) is 16.5 Å². The fourth-order valence-electron chi connectivity index (χ4n) is 4.34. The summed E-state index contributed by atoms with van der Waals surface area (Å²) in [7, 11) is 0. The van der Waals surface area contributed by atoms with Crippen molar-refractivity contribution in [1.29, 1.82) is 0 Å². The minimum atomic E-state index is -0.454. The Morgan fingerprint density at radius 3 is 2.97 bits per heavy atom. The Morgan fingerprint density at radius 2 is 2.20 bits per heavy atom. The minimum Gasteiger partial charge on any atom is -0.365 e. The summed E-state index contributed by atoms with van der Waals surface area (Å²) in [5.74, 6) is 0.258. The third kappa shape index (κ3) is 3.60. The number of aromatic nitrogens is 5. The van der Waals surface area contributed by atoms with E-state index in [0.717, 1.165) is 43.6 Å². The largest absolute Gasteiger partial charge is 0.365 e. The summed E-state index contributed by atoms with van der Waals surface area (Å²) in [4.78, 5) is 26.7. The molecule has 2 aromatic rings. The molecule has 1 N–H and O–H groups in total. The summed E-state index contributed by atoms with van der Waals surface area (Å²) in [5, 5.41) is 15.7. The Labute approximate surface area is 174 Å². The zero-order valence-electron chi connectivity index (χ0n) is 17.2. The molecule has 1 unspecified atom stereocenters. The molecule has 5 rings (SSSR count). The van der Waals surface area contributed by atoms with Crippen molar-refractivity contribution in [3.05, 3.63) is 29.3 Å². The van der Waals surface area contributed by atoms with Crippen LogP contribution in [0.15, 0.2) is 12.4 Å². The van der Waals surface area contributed by atoms with Gasteiger partial charge in [0, 0.05) is 25.2 Å². The monoisotopic (exact) mass is 413 g/mol. The predicted molar refractivity (Wildman–Crippen MR) is 105 cm³/mol. The van der Waals surface area contributed by atoms with Crippen LogP contribution in [0.5, 0.6) is 0 Å². The average molecular weight is 413 g/mol. The first-order valence-electron chi connectivity index (χ1n) is 10.7. The molecule has 2 fully saturated rings. The van der Waals surface area contributed by atoms with Gasteiger partial charge in [0.25, 0.3) is 5.91 Å². The van der Waals surface area contributed by atoms with Crippen LogP contribution in [0.25, 0.3) is 0 Å². The number of amides is 2. The number of hydrogen-bond donors (Lipinski definition) is 1. The standard InChI is InChI=1S/C20H27N7O3/c1-2-26-10-15(8-22-26)19(29)25-7-3-6-20(12-25)13-27-17(11-30-20)16(23-24-27)9-21-18(28)14-4-5-14/h8,10,14H,2-7,9,11-13H2,1H3,(H,21,28). The van der Waals surface area contributed by atoms with E-state index < -0.39 is 5.60 Å². The van der Waals surface area contributed by atoms with Crippen molar-refractivity contribution < 1.29 is 14.3 Å². The zero-order valence-corrected chi connectivity index (χ0v) is 17.2. The Bertz CT molecular complexity index is 964. The Morgan fingerprint density at radius 1 is 1.33 bits per heavy atom. The van der Waals surface area contributed by atoms with Gasteiger partial charge in [0.05, 0.1) is 43.7 Å². The second-order valence-corrected chi connectivity index (χ2v) is 8.52. The van der Waals surface area contributed by atoms with Gasteiger partial charge in [-0.3, -0.25) is 14.3 Å². The molecular formula is C20H27N7O3. The summed E-state index contributed by atoms with van der Waals surface area (Å²) >= 11 is 0. The van der Waals surface area contributed by atoms with Crippen molar-refractivity contribution in [3.63, 3.8) is 0 Å². The molecule has 2 amide bonds. The third-order valence-corrected chi connectivity index (χ3v) is 6.28. The Kier molecular flexibility index (Phi) is 4.80. The van der Waals surface area contributed by atoms with Crippen LogP contribution in [0, 0.1) is 5.92 Å². The average Bonchev–Trinajstić information content (AvgIpc) is 3.38. The first kappa shape index (κ1) is 19.2. The molecule has 1 saturated heterocycles. The molecule has 10 heteroatoms. The molecule has 0 bridgehead atoms. The molecule has 1 aliphatic carbocycles. The normalized spacial score (nSPS) is 23.4. The first-order chi connectivity index (χ1) is 14.6. The highest BCUT2D eigenvalue weighted by Gasteiger charge is 2.42. The van der Waals surface area contributed by atoms with Gasteiger partial charge >= 0.3 is 0 Å². The smallest absolute Gasteiger partial charge is 0.257 e. The molecule has 10 nitrogen and oxygen atoms in total. The van der Waals surface area contributed by atoms with Gasteiger partial charge < -0.3 is 15.0 Å². The summed E-state index contributed by atoms with van der Waals surface area (Å²) in [6, 6.07) is 0. The summed E-state index contributed by atoms with van der Waals surface area (Å²) < 4.78 is 9.95. The van der Waals surface area contributed by atoms with Gasteiger partial charge in [-0.15, -0.1) is 5.10 Å². The van der Waals surface area contributed by atoms with Gasteiger partial charge in [-0.1, -0.05) is 5.21 Å². The van der Waals surface area contributed by atoms with Gasteiger partial charge in [0.1, 0.15) is 11.3 Å². The topological polar surface area (TPSA) is 107 Å². The SMILES string of the molecule is CCn1cc(C(=O)N2CCCC3(C2)Cn2nnc(CNC(=O)C4CC4)c2CO3)cn1. The number of ether oxygens (including phenoxy) is 1. The highest BCUT2D eigenvalue weighted by molar-refractivity contribution is 5.93. The number of aryl methyl sites for hydroxylation is 1. The van der Waals surface area contributed by atoms with E-state index in [-0.39, 0.29) is 17.7 Å². The number of nitrogens with zero attached hydrogens (tertiary/aromatic N) is 6. The maximum Gasteiger partial charge on any atom is 0.257 e. The molecule has 2 aliphatic heterocycles. The second-order valence-electron chi connectivity index (χ2n) is 8.52. The maximum atomic E-state index is 13.0. The fraction of sp³-hybridized carbons (Fsp3) is 0.650. The molecule has 1 atom stereocenters. The Balaban J connectivity index is 1.26. The fourth-order valence-corrected chi connectivity index (χ4v) is 4.34. The van der Waals surface area contributed by atoms with Gasteiger partial charge in [-0.25, -0.2) is 4.68 Å². The third-order valence-electron chi connectivity index (χ3n) is 6.28. The maximum absolute atomic E-state index is 13.0. The van der Waals surface area contributed by atoms with E-state index in [9.17, 15) is 9.59 Å². The van der Waals surface area contributed by atoms with Gasteiger partial charge in [-0.2, -0.15) is 5.10 Å². The number of hydrogen-bond acceptors (Lipinski definition) is 6. The van der Waals surface area contributed by atoms with Crippen molar-refractivity contribution >= 4 is 11.8 Å². The van der Waals surface area contributed by atoms with Crippen LogP contribution < -0.4 is 5.32 Å². The van der Waals surface area contributed by atoms with E-state index in [1.54, 1.807) is 17.1 Å². The van der Waals surface area contributed by atoms with Crippen LogP contribution in [0.2, 0.25) is 0 Å². The van der Waals surface area contributed by atoms with Crippen LogP contribution in [0.1, 0.15) is 54.4 Å². The van der Waals surface area contributed by atoms with E-state index in [2.05, 4.69) is 20.7 Å². The molecule has 1 spiro atoms. The summed E-state index contributed by atoms with van der Waals surface area (Å²) in [6.45, 7) is 5.29. The van der Waals surface area contributed by atoms with Crippen LogP contribution >= 0.6 is 0 Å². The van der Waals surface area contributed by atoms with Crippen molar-refractivity contribution in [3.8, 4) is 0 Å². The minimum absolute atomic E-state index is 0.00904. The second kappa shape index (κ2) is 7.50. The molecule has 0 aromatic carbocycles. The Hall–Kier alpha value is -2.75. The molecule has 2 aromatic heterocycles. The highest BCUT2D eigenvalue weighted by Crippen LogP contribution is 2.33. The van der Waals surface area contributed by atoms with Gasteiger partial charge in [-0.05, 0) is 32.6 Å². The van der Waals surface area contributed by atoms with Crippen LogP contribution in [-0.2, 0) is 35.8 Å². The predicted octanol–water partition coefficient (Wildman–Crippen LogP) is 0.726. The lowest BCUT2D eigenvalue weighted by Gasteiger charge is -2.44. The van der Waals surface area contributed by atoms with Crippen LogP contribution in [0.3, 0.4) is 0 Å². The molecule has 160 valence electrons. The molecule has 3 aliphatic rings. The van der Waals surface area contributed by atoms with E-state index in [4.69, 9.17) is 4.74 Å². The number of carbonyl (C=O) groups excluding carboxylic acids is 2. The number of rotatable bonds is 5. The lowest BCUT2D eigenvalue weighted by molar-refractivity contribution is -0.123. The van der Waals surface area contributed by atoms with Crippen LogP contribution in [-0.4, -0.2) is 60.2 Å². The lowest BCUT2D eigenvalue weighted by atomic mass is 9.91. The van der Waals surface area contributed by atoms with E-state index in [0.29, 0.717) is 38.3 Å². The number of piperidine rings is 1. The zero-order chi connectivity index (χ0) is 20.7. The van der Waals surface area contributed by atoms with Crippen molar-refractivity contribution in [2.75, 3.05) is 13.1 Å². The highest BCUT2D eigenvalue weighted by atomic mass is 16.5. The molecule has 1 saturated carbocycles. The molecule has 0 radical (unpaired) electrons. The van der Waals surface area contributed by atoms with Crippen LogP contribution in [0.4, 0.5) is 0 Å². The van der Waals surface area contributed by atoms with Gasteiger partial charge in [0.2, 0.25) is 5.91 Å². The summed E-state index contributed by atoms with van der Waals surface area (Å²) in [5.41, 5.74) is 1.82. The van der Waals surface area contributed by atoms with Crippen molar-refractivity contribution in [2.45, 2.75) is 64.4 Å². The van der Waals surface area contributed by atoms with Gasteiger partial charge in [0.15, 0.2) is 0 Å². The molecule has 30 heavy (non-hydrogen) atoms.